The van der Waals surface area contributed by atoms with Crippen LogP contribution in [0.15, 0.2) is 40.9 Å². The van der Waals surface area contributed by atoms with Gasteiger partial charge in [-0.25, -0.2) is 4.39 Å². The van der Waals surface area contributed by atoms with Gasteiger partial charge >= 0.3 is 0 Å². The van der Waals surface area contributed by atoms with E-state index < -0.39 is 5.91 Å². The summed E-state index contributed by atoms with van der Waals surface area (Å²) in [5, 5.41) is 6.15. The van der Waals surface area contributed by atoms with Crippen molar-refractivity contribution >= 4 is 23.7 Å². The van der Waals surface area contributed by atoms with Crippen molar-refractivity contribution in [1.82, 2.24) is 10.1 Å². The summed E-state index contributed by atoms with van der Waals surface area (Å²) in [5.41, 5.74) is 0.564. The highest BCUT2D eigenvalue weighted by Crippen LogP contribution is 2.07. The van der Waals surface area contributed by atoms with Crippen LogP contribution in [-0.4, -0.2) is 35.5 Å². The first-order valence-electron chi connectivity index (χ1n) is 6.86. The summed E-state index contributed by atoms with van der Waals surface area (Å²) in [6.07, 6.45) is 2.77. The zero-order chi connectivity index (χ0) is 16.8. The molecule has 0 unspecified atom stereocenters. The lowest BCUT2D eigenvalue weighted by Gasteiger charge is -2.13. The van der Waals surface area contributed by atoms with Gasteiger partial charge in [0.05, 0.1) is 6.54 Å². The van der Waals surface area contributed by atoms with Gasteiger partial charge in [0.2, 0.25) is 11.8 Å². The molecule has 2 amide bonds. The van der Waals surface area contributed by atoms with Crippen LogP contribution in [-0.2, 0) is 9.59 Å². The fourth-order valence-electron chi connectivity index (χ4n) is 1.81. The Labute approximate surface area is 132 Å². The van der Waals surface area contributed by atoms with E-state index >= 15 is 0 Å². The van der Waals surface area contributed by atoms with Crippen molar-refractivity contribution in [3.63, 3.8) is 0 Å². The molecule has 0 saturated carbocycles. The van der Waals surface area contributed by atoms with Crippen molar-refractivity contribution in [3.05, 3.63) is 53.5 Å². The average molecular weight is 317 g/mol. The smallest absolute Gasteiger partial charge is 0.246 e. The topological polar surface area (TPSA) is 75.4 Å². The Morgan fingerprint density at radius 1 is 1.39 bits per heavy atom. The quantitative estimate of drug-likeness (QED) is 0.858. The summed E-state index contributed by atoms with van der Waals surface area (Å²) in [6.45, 7) is 1.56. The molecule has 2 aromatic rings. The van der Waals surface area contributed by atoms with E-state index in [-0.39, 0.29) is 18.3 Å². The van der Waals surface area contributed by atoms with Crippen LogP contribution in [0.2, 0.25) is 0 Å². The molecule has 1 heterocycles. The third kappa shape index (κ3) is 5.06. The highest BCUT2D eigenvalue weighted by molar-refractivity contribution is 5.97. The number of anilines is 1. The van der Waals surface area contributed by atoms with Crippen LogP contribution in [0.1, 0.15) is 11.3 Å². The standard InChI is InChI=1S/C16H16FN3O3/c1-11-8-14(19-23-11)18-15(21)10-20(2)16(22)7-6-12-4-3-5-13(17)9-12/h3-9H,10H2,1-2H3,(H,18,19,21)/b7-6+. The number of likely N-dealkylation sites (N-methyl/N-ethyl adjacent to an activating group) is 1. The maximum atomic E-state index is 13.0. The minimum absolute atomic E-state index is 0.141. The molecule has 0 spiro atoms. The van der Waals surface area contributed by atoms with Crippen LogP contribution in [0.3, 0.4) is 0 Å². The second kappa shape index (κ2) is 7.35. The highest BCUT2D eigenvalue weighted by Gasteiger charge is 2.12. The normalized spacial score (nSPS) is 10.7. The minimum atomic E-state index is -0.395. The number of rotatable bonds is 5. The van der Waals surface area contributed by atoms with E-state index in [2.05, 4.69) is 10.5 Å². The summed E-state index contributed by atoms with van der Waals surface area (Å²) in [6, 6.07) is 7.43. The Morgan fingerprint density at radius 2 is 2.17 bits per heavy atom. The van der Waals surface area contributed by atoms with E-state index in [0.717, 1.165) is 0 Å². The number of halogens is 1. The van der Waals surface area contributed by atoms with Gasteiger partial charge in [0.1, 0.15) is 11.6 Å². The first-order valence-corrected chi connectivity index (χ1v) is 6.86. The molecule has 6 nitrogen and oxygen atoms in total. The summed E-state index contributed by atoms with van der Waals surface area (Å²) >= 11 is 0. The van der Waals surface area contributed by atoms with Crippen molar-refractivity contribution < 1.29 is 18.5 Å². The summed E-state index contributed by atoms with van der Waals surface area (Å²) in [7, 11) is 1.49. The van der Waals surface area contributed by atoms with E-state index in [4.69, 9.17) is 4.52 Å². The molecule has 0 atom stereocenters. The fourth-order valence-corrected chi connectivity index (χ4v) is 1.81. The van der Waals surface area contributed by atoms with E-state index in [1.165, 1.54) is 36.2 Å². The lowest BCUT2D eigenvalue weighted by molar-refractivity contribution is -0.129. The van der Waals surface area contributed by atoms with Gasteiger partial charge in [-0.2, -0.15) is 0 Å². The molecular formula is C16H16FN3O3. The number of hydrogen-bond donors (Lipinski definition) is 1. The lowest BCUT2D eigenvalue weighted by atomic mass is 10.2. The van der Waals surface area contributed by atoms with Crippen LogP contribution < -0.4 is 5.32 Å². The molecule has 1 N–H and O–H groups in total. The molecule has 0 aliphatic carbocycles. The Bertz CT molecular complexity index is 740. The summed E-state index contributed by atoms with van der Waals surface area (Å²) in [4.78, 5) is 25.0. The number of carbonyl (C=O) groups is 2. The van der Waals surface area contributed by atoms with Crippen LogP contribution in [0.25, 0.3) is 6.08 Å². The number of amides is 2. The number of aromatic nitrogens is 1. The predicted molar refractivity (Wildman–Crippen MR) is 82.9 cm³/mol. The van der Waals surface area contributed by atoms with E-state index in [1.54, 1.807) is 25.1 Å². The third-order valence-electron chi connectivity index (χ3n) is 2.92. The molecule has 0 aliphatic rings. The van der Waals surface area contributed by atoms with Crippen LogP contribution in [0, 0.1) is 12.7 Å². The summed E-state index contributed by atoms with van der Waals surface area (Å²) in [5.74, 6) is -0.282. The second-order valence-electron chi connectivity index (χ2n) is 4.95. The predicted octanol–water partition coefficient (Wildman–Crippen LogP) is 2.23. The van der Waals surface area contributed by atoms with Crippen LogP contribution in [0.4, 0.5) is 10.2 Å². The molecule has 7 heteroatoms. The number of nitrogens with one attached hydrogen (secondary N) is 1. The lowest BCUT2D eigenvalue weighted by Crippen LogP contribution is -2.33. The van der Waals surface area contributed by atoms with Gasteiger partial charge in [0.15, 0.2) is 5.82 Å². The number of hydrogen-bond acceptors (Lipinski definition) is 4. The number of aryl methyl sites for hydroxylation is 1. The highest BCUT2D eigenvalue weighted by atomic mass is 19.1. The van der Waals surface area contributed by atoms with Crippen molar-refractivity contribution in [2.24, 2.45) is 0 Å². The largest absolute Gasteiger partial charge is 0.360 e. The first-order chi connectivity index (χ1) is 10.9. The molecule has 2 rings (SSSR count). The zero-order valence-corrected chi connectivity index (χ0v) is 12.7. The maximum Gasteiger partial charge on any atom is 0.246 e. The molecule has 0 saturated heterocycles. The Kier molecular flexibility index (Phi) is 5.24. The third-order valence-corrected chi connectivity index (χ3v) is 2.92. The first kappa shape index (κ1) is 16.4. The summed E-state index contributed by atoms with van der Waals surface area (Å²) < 4.78 is 17.9. The molecule has 1 aromatic carbocycles. The van der Waals surface area contributed by atoms with E-state index in [9.17, 15) is 14.0 Å². The molecule has 0 bridgehead atoms. The van der Waals surface area contributed by atoms with Gasteiger partial charge in [-0.1, -0.05) is 17.3 Å². The van der Waals surface area contributed by atoms with Crippen molar-refractivity contribution in [2.45, 2.75) is 6.92 Å². The molecule has 0 fully saturated rings. The fraction of sp³-hybridized carbons (Fsp3) is 0.188. The van der Waals surface area contributed by atoms with Crippen LogP contribution in [0.5, 0.6) is 0 Å². The molecule has 0 aliphatic heterocycles. The molecule has 23 heavy (non-hydrogen) atoms. The number of benzene rings is 1. The van der Waals surface area contributed by atoms with Crippen molar-refractivity contribution in [1.29, 1.82) is 0 Å². The van der Waals surface area contributed by atoms with Crippen molar-refractivity contribution in [2.75, 3.05) is 18.9 Å². The van der Waals surface area contributed by atoms with Gasteiger partial charge in [-0.15, -0.1) is 0 Å². The minimum Gasteiger partial charge on any atom is -0.360 e. The maximum absolute atomic E-state index is 13.0. The van der Waals surface area contributed by atoms with E-state index in [0.29, 0.717) is 17.1 Å². The number of carbonyl (C=O) groups excluding carboxylic acids is 2. The SMILES string of the molecule is Cc1cc(NC(=O)CN(C)C(=O)/C=C/c2cccc(F)c2)no1. The molecule has 0 radical (unpaired) electrons. The Morgan fingerprint density at radius 3 is 2.83 bits per heavy atom. The van der Waals surface area contributed by atoms with Gasteiger partial charge in [-0.3, -0.25) is 9.59 Å². The molecule has 120 valence electrons. The second-order valence-corrected chi connectivity index (χ2v) is 4.95. The van der Waals surface area contributed by atoms with Gasteiger partial charge < -0.3 is 14.7 Å². The monoisotopic (exact) mass is 317 g/mol. The van der Waals surface area contributed by atoms with Gasteiger partial charge in [-0.05, 0) is 30.7 Å². The Balaban J connectivity index is 1.88. The molecule has 1 aromatic heterocycles. The Hall–Kier alpha value is -2.96. The number of nitrogens with zero attached hydrogens (tertiary/aromatic N) is 2. The van der Waals surface area contributed by atoms with Gasteiger partial charge in [0, 0.05) is 19.2 Å². The molecular weight excluding hydrogens is 301 g/mol. The average Bonchev–Trinajstić information content (AvgIpc) is 2.89. The zero-order valence-electron chi connectivity index (χ0n) is 12.7. The van der Waals surface area contributed by atoms with E-state index in [1.807, 2.05) is 0 Å². The van der Waals surface area contributed by atoms with Crippen molar-refractivity contribution in [3.8, 4) is 0 Å². The van der Waals surface area contributed by atoms with Crippen LogP contribution >= 0.6 is 0 Å². The van der Waals surface area contributed by atoms with Gasteiger partial charge in [0.25, 0.3) is 0 Å².